The maximum absolute atomic E-state index is 5.66. The van der Waals surface area contributed by atoms with E-state index >= 15 is 0 Å². The van der Waals surface area contributed by atoms with Crippen molar-refractivity contribution in [3.8, 4) is 0 Å². The van der Waals surface area contributed by atoms with E-state index in [0.29, 0.717) is 10.7 Å². The first kappa shape index (κ1) is 10.8. The van der Waals surface area contributed by atoms with Crippen molar-refractivity contribution in [1.29, 1.82) is 0 Å². The summed E-state index contributed by atoms with van der Waals surface area (Å²) in [7, 11) is 0. The van der Waals surface area contributed by atoms with Gasteiger partial charge in [0.05, 0.1) is 3.79 Å². The van der Waals surface area contributed by atoms with Gasteiger partial charge < -0.3 is 5.73 Å². The van der Waals surface area contributed by atoms with Crippen molar-refractivity contribution in [2.24, 2.45) is 0 Å². The molecule has 3 N–H and O–H groups in total. The summed E-state index contributed by atoms with van der Waals surface area (Å²) in [6.07, 6.45) is 0.911. The minimum absolute atomic E-state index is 0.440. The van der Waals surface area contributed by atoms with Crippen LogP contribution in [0.5, 0.6) is 0 Å². The number of aryl methyl sites for hydroxylation is 1. The van der Waals surface area contributed by atoms with E-state index in [-0.39, 0.29) is 0 Å². The van der Waals surface area contributed by atoms with E-state index in [0.717, 1.165) is 16.8 Å². The molecule has 0 aliphatic rings. The number of nitrogens with two attached hydrogens (primary N) is 1. The number of rotatable bonds is 3. The maximum Gasteiger partial charge on any atom is 0.220 e. The highest BCUT2D eigenvalue weighted by atomic mass is 79.9. The molecule has 0 unspecified atom stereocenters. The molecule has 2 rings (SSSR count). The Labute approximate surface area is 104 Å². The quantitative estimate of drug-likeness (QED) is 0.857. The van der Waals surface area contributed by atoms with Crippen molar-refractivity contribution in [3.05, 3.63) is 25.6 Å². The summed E-state index contributed by atoms with van der Waals surface area (Å²) in [6, 6.07) is 4.13. The van der Waals surface area contributed by atoms with Gasteiger partial charge in [-0.1, -0.05) is 0 Å². The number of nitrogen functional groups attached to an aromatic ring is 1. The van der Waals surface area contributed by atoms with Crippen molar-refractivity contribution in [2.45, 2.75) is 13.0 Å². The van der Waals surface area contributed by atoms with Crippen LogP contribution in [-0.4, -0.2) is 14.8 Å². The average molecular weight is 305 g/mol. The molecule has 0 bridgehead atoms. The lowest BCUT2D eigenvalue weighted by Gasteiger charge is -2.01. The lowest BCUT2D eigenvalue weighted by Crippen LogP contribution is -2.05. The Morgan fingerprint density at radius 1 is 1.60 bits per heavy atom. The topological polar surface area (TPSA) is 59.6 Å². The maximum atomic E-state index is 5.66. The van der Waals surface area contributed by atoms with Crippen molar-refractivity contribution >= 4 is 45.4 Å². The summed E-state index contributed by atoms with van der Waals surface area (Å²) in [4.78, 5) is 1.30. The SMILES string of the molecule is Nc1n[nH]c(=S)n1CCc1ccc(Br)s1. The van der Waals surface area contributed by atoms with Crippen LogP contribution in [0.15, 0.2) is 15.9 Å². The minimum Gasteiger partial charge on any atom is -0.368 e. The van der Waals surface area contributed by atoms with E-state index in [4.69, 9.17) is 18.0 Å². The summed E-state index contributed by atoms with van der Waals surface area (Å²) < 4.78 is 3.51. The summed E-state index contributed by atoms with van der Waals surface area (Å²) >= 11 is 10.2. The highest BCUT2D eigenvalue weighted by molar-refractivity contribution is 9.11. The van der Waals surface area contributed by atoms with Crippen molar-refractivity contribution in [2.75, 3.05) is 5.73 Å². The van der Waals surface area contributed by atoms with Crippen LogP contribution in [0.3, 0.4) is 0 Å². The lowest BCUT2D eigenvalue weighted by atomic mass is 10.3. The predicted molar refractivity (Wildman–Crippen MR) is 67.5 cm³/mol. The fourth-order valence-corrected chi connectivity index (χ4v) is 2.96. The molecule has 0 atom stereocenters. The second-order valence-electron chi connectivity index (χ2n) is 2.99. The smallest absolute Gasteiger partial charge is 0.220 e. The third-order valence-electron chi connectivity index (χ3n) is 2.00. The van der Waals surface area contributed by atoms with E-state index in [1.807, 2.05) is 6.07 Å². The molecule has 15 heavy (non-hydrogen) atoms. The Balaban J connectivity index is 2.08. The number of thiophene rings is 1. The van der Waals surface area contributed by atoms with Gasteiger partial charge in [0.2, 0.25) is 5.95 Å². The zero-order chi connectivity index (χ0) is 10.8. The van der Waals surface area contributed by atoms with Gasteiger partial charge in [0, 0.05) is 11.4 Å². The molecular weight excluding hydrogens is 296 g/mol. The molecule has 0 saturated carbocycles. The van der Waals surface area contributed by atoms with Crippen LogP contribution < -0.4 is 5.73 Å². The second-order valence-corrected chi connectivity index (χ2v) is 5.93. The van der Waals surface area contributed by atoms with Crippen molar-refractivity contribution in [3.63, 3.8) is 0 Å². The van der Waals surface area contributed by atoms with E-state index < -0.39 is 0 Å². The molecular formula is C8H9BrN4S2. The second kappa shape index (κ2) is 4.46. The summed E-state index contributed by atoms with van der Waals surface area (Å²) in [5.74, 6) is 0.440. The van der Waals surface area contributed by atoms with Gasteiger partial charge in [-0.2, -0.15) is 0 Å². The van der Waals surface area contributed by atoms with E-state index in [1.54, 1.807) is 15.9 Å². The molecule has 0 aromatic carbocycles. The molecule has 80 valence electrons. The number of nitrogens with one attached hydrogen (secondary N) is 1. The van der Waals surface area contributed by atoms with Gasteiger partial charge in [-0.15, -0.1) is 16.4 Å². The first-order valence-electron chi connectivity index (χ1n) is 4.31. The molecule has 0 fully saturated rings. The van der Waals surface area contributed by atoms with Gasteiger partial charge in [0.25, 0.3) is 0 Å². The number of halogens is 1. The van der Waals surface area contributed by atoms with Crippen LogP contribution in [0.2, 0.25) is 0 Å². The van der Waals surface area contributed by atoms with Gasteiger partial charge in [-0.25, -0.2) is 5.10 Å². The monoisotopic (exact) mass is 304 g/mol. The Morgan fingerprint density at radius 2 is 2.40 bits per heavy atom. The molecule has 2 aromatic rings. The number of aromatic amines is 1. The third-order valence-corrected chi connectivity index (χ3v) is 3.99. The predicted octanol–water partition coefficient (Wildman–Crippen LogP) is 2.59. The molecule has 2 aromatic heterocycles. The summed E-state index contributed by atoms with van der Waals surface area (Å²) in [6.45, 7) is 0.758. The molecule has 0 aliphatic carbocycles. The molecule has 0 spiro atoms. The molecule has 4 nitrogen and oxygen atoms in total. The highest BCUT2D eigenvalue weighted by Crippen LogP contribution is 2.22. The zero-order valence-corrected chi connectivity index (χ0v) is 11.0. The Bertz CT molecular complexity index is 513. The van der Waals surface area contributed by atoms with Gasteiger partial charge in [-0.05, 0) is 46.7 Å². The number of aromatic nitrogens is 3. The number of hydrogen-bond acceptors (Lipinski definition) is 4. The van der Waals surface area contributed by atoms with Gasteiger partial charge in [-0.3, -0.25) is 4.57 Å². The first-order chi connectivity index (χ1) is 7.16. The number of H-pyrrole nitrogens is 1. The number of anilines is 1. The van der Waals surface area contributed by atoms with Crippen molar-refractivity contribution in [1.82, 2.24) is 14.8 Å². The van der Waals surface area contributed by atoms with Crippen LogP contribution in [0.4, 0.5) is 5.95 Å². The third kappa shape index (κ3) is 2.47. The molecule has 2 heterocycles. The van der Waals surface area contributed by atoms with E-state index in [9.17, 15) is 0 Å². The largest absolute Gasteiger partial charge is 0.368 e. The number of hydrogen-bond donors (Lipinski definition) is 2. The van der Waals surface area contributed by atoms with Gasteiger partial charge in [0.1, 0.15) is 0 Å². The van der Waals surface area contributed by atoms with Gasteiger partial charge >= 0.3 is 0 Å². The summed E-state index contributed by atoms with van der Waals surface area (Å²) in [5, 5.41) is 6.51. The van der Waals surface area contributed by atoms with E-state index in [2.05, 4.69) is 32.2 Å². The zero-order valence-electron chi connectivity index (χ0n) is 7.74. The van der Waals surface area contributed by atoms with Crippen LogP contribution in [-0.2, 0) is 13.0 Å². The Kier molecular flexibility index (Phi) is 3.22. The van der Waals surface area contributed by atoms with Crippen LogP contribution in [0.25, 0.3) is 0 Å². The molecule has 0 aliphatic heterocycles. The first-order valence-corrected chi connectivity index (χ1v) is 6.33. The van der Waals surface area contributed by atoms with Crippen molar-refractivity contribution < 1.29 is 0 Å². The highest BCUT2D eigenvalue weighted by Gasteiger charge is 2.03. The molecule has 0 amide bonds. The fraction of sp³-hybridized carbons (Fsp3) is 0.250. The van der Waals surface area contributed by atoms with Crippen LogP contribution in [0.1, 0.15) is 4.88 Å². The fourth-order valence-electron chi connectivity index (χ4n) is 1.25. The standard InChI is InChI=1S/C8H9BrN4S2/c9-6-2-1-5(15-6)3-4-13-7(10)11-12-8(13)14/h1-2H,3-4H2,(H2,10,11)(H,12,14). The normalized spacial score (nSPS) is 10.7. The van der Waals surface area contributed by atoms with E-state index in [1.165, 1.54) is 4.88 Å². The minimum atomic E-state index is 0.440. The Hall–Kier alpha value is -0.660. The average Bonchev–Trinajstić information content (AvgIpc) is 2.73. The van der Waals surface area contributed by atoms with Crippen LogP contribution >= 0.6 is 39.5 Å². The summed E-state index contributed by atoms with van der Waals surface area (Å²) in [5.41, 5.74) is 5.66. The lowest BCUT2D eigenvalue weighted by molar-refractivity contribution is 0.700. The molecule has 0 radical (unpaired) electrons. The number of nitrogens with zero attached hydrogens (tertiary/aromatic N) is 2. The van der Waals surface area contributed by atoms with Crippen LogP contribution in [0, 0.1) is 4.77 Å². The van der Waals surface area contributed by atoms with Gasteiger partial charge in [0.15, 0.2) is 4.77 Å². The Morgan fingerprint density at radius 3 is 2.93 bits per heavy atom. The molecule has 0 saturated heterocycles. The molecule has 7 heteroatoms.